The molecule has 1 N–H and O–H groups in total. The Morgan fingerprint density at radius 1 is 1.53 bits per heavy atom. The second-order valence-corrected chi connectivity index (χ2v) is 3.43. The second kappa shape index (κ2) is 4.27. The first-order valence-electron chi connectivity index (χ1n) is 4.14. The van der Waals surface area contributed by atoms with Crippen LogP contribution in [0.5, 0.6) is 0 Å². The first kappa shape index (κ1) is 11.5. The quantitative estimate of drug-likeness (QED) is 0.624. The van der Waals surface area contributed by atoms with E-state index in [-0.39, 0.29) is 16.4 Å². The van der Waals surface area contributed by atoms with Gasteiger partial charge in [0.05, 0.1) is 9.95 Å². The van der Waals surface area contributed by atoms with Gasteiger partial charge in [0.25, 0.3) is 5.69 Å². The molecule has 1 aromatic carbocycles. The van der Waals surface area contributed by atoms with E-state index in [0.717, 1.165) is 0 Å². The molecule has 0 radical (unpaired) electrons. The van der Waals surface area contributed by atoms with E-state index in [9.17, 15) is 14.9 Å². The Labute approximate surface area is 91.2 Å². The number of benzene rings is 1. The third kappa shape index (κ3) is 2.44. The van der Waals surface area contributed by atoms with E-state index in [1.54, 1.807) is 6.92 Å². The summed E-state index contributed by atoms with van der Waals surface area (Å²) in [5.74, 6) is -0.398. The second-order valence-electron chi connectivity index (χ2n) is 3.03. The van der Waals surface area contributed by atoms with Crippen molar-refractivity contribution in [3.8, 4) is 0 Å². The van der Waals surface area contributed by atoms with Crippen molar-refractivity contribution in [2.45, 2.75) is 13.8 Å². The highest BCUT2D eigenvalue weighted by Gasteiger charge is 2.20. The van der Waals surface area contributed by atoms with Gasteiger partial charge in [-0.3, -0.25) is 14.9 Å². The minimum atomic E-state index is -0.563. The van der Waals surface area contributed by atoms with E-state index in [1.807, 2.05) is 0 Å². The lowest BCUT2D eigenvalue weighted by molar-refractivity contribution is -0.384. The van der Waals surface area contributed by atoms with Crippen molar-refractivity contribution in [3.05, 3.63) is 32.8 Å². The normalized spacial score (nSPS) is 9.80. The minimum Gasteiger partial charge on any atom is -0.319 e. The predicted molar refractivity (Wildman–Crippen MR) is 57.1 cm³/mol. The fourth-order valence-corrected chi connectivity index (χ4v) is 1.40. The van der Waals surface area contributed by atoms with Crippen molar-refractivity contribution in [1.29, 1.82) is 0 Å². The predicted octanol–water partition coefficient (Wildman–Crippen LogP) is 2.52. The zero-order valence-corrected chi connectivity index (χ0v) is 8.96. The number of carbonyl (C=O) groups excluding carboxylic acids is 1. The van der Waals surface area contributed by atoms with Crippen LogP contribution in [-0.4, -0.2) is 10.8 Å². The molecule has 0 bridgehead atoms. The molecule has 0 aromatic heterocycles. The maximum absolute atomic E-state index is 10.9. The molecule has 15 heavy (non-hydrogen) atoms. The first-order chi connectivity index (χ1) is 6.93. The Balaban J connectivity index is 3.38. The molecule has 0 spiro atoms. The summed E-state index contributed by atoms with van der Waals surface area (Å²) >= 11 is 5.77. The molecule has 0 aliphatic carbocycles. The Morgan fingerprint density at radius 3 is 2.60 bits per heavy atom. The van der Waals surface area contributed by atoms with Crippen molar-refractivity contribution >= 4 is 28.9 Å². The molecule has 0 saturated carbocycles. The van der Waals surface area contributed by atoms with Gasteiger partial charge in [-0.1, -0.05) is 17.7 Å². The number of anilines is 1. The standard InChI is InChI=1S/C9H9ClN2O3/c1-5-3-4-7(10)8(11-6(2)13)9(5)12(14)15/h3-4H,1-2H3,(H,11,13). The number of aryl methyl sites for hydroxylation is 1. The fraction of sp³-hybridized carbons (Fsp3) is 0.222. The number of carbonyl (C=O) groups is 1. The molecule has 0 heterocycles. The molecule has 6 heteroatoms. The zero-order valence-electron chi connectivity index (χ0n) is 8.20. The van der Waals surface area contributed by atoms with E-state index < -0.39 is 10.8 Å². The van der Waals surface area contributed by atoms with Gasteiger partial charge in [-0.2, -0.15) is 0 Å². The molecule has 0 fully saturated rings. The van der Waals surface area contributed by atoms with Gasteiger partial charge in [0.2, 0.25) is 5.91 Å². The number of nitro groups is 1. The minimum absolute atomic E-state index is 0.0502. The summed E-state index contributed by atoms with van der Waals surface area (Å²) in [6.07, 6.45) is 0. The topological polar surface area (TPSA) is 72.2 Å². The van der Waals surface area contributed by atoms with Crippen LogP contribution in [0.2, 0.25) is 5.02 Å². The van der Waals surface area contributed by atoms with E-state index in [2.05, 4.69) is 5.32 Å². The van der Waals surface area contributed by atoms with Crippen LogP contribution in [0.1, 0.15) is 12.5 Å². The van der Waals surface area contributed by atoms with Crippen molar-refractivity contribution in [2.24, 2.45) is 0 Å². The van der Waals surface area contributed by atoms with Crippen LogP contribution in [0.3, 0.4) is 0 Å². The van der Waals surface area contributed by atoms with Gasteiger partial charge < -0.3 is 5.32 Å². The molecule has 0 saturated heterocycles. The highest BCUT2D eigenvalue weighted by Crippen LogP contribution is 2.34. The summed E-state index contributed by atoms with van der Waals surface area (Å²) in [6, 6.07) is 3.04. The summed E-state index contributed by atoms with van der Waals surface area (Å²) in [5, 5.41) is 13.3. The lowest BCUT2D eigenvalue weighted by Crippen LogP contribution is -2.09. The largest absolute Gasteiger partial charge is 0.319 e. The van der Waals surface area contributed by atoms with Gasteiger partial charge in [0.15, 0.2) is 0 Å². The molecule has 5 nitrogen and oxygen atoms in total. The van der Waals surface area contributed by atoms with E-state index >= 15 is 0 Å². The summed E-state index contributed by atoms with van der Waals surface area (Å²) < 4.78 is 0. The summed E-state index contributed by atoms with van der Waals surface area (Å²) in [6.45, 7) is 2.85. The van der Waals surface area contributed by atoms with Crippen LogP contribution < -0.4 is 5.32 Å². The van der Waals surface area contributed by atoms with Gasteiger partial charge in [-0.05, 0) is 13.0 Å². The molecule has 0 aliphatic rings. The Kier molecular flexibility index (Phi) is 3.26. The number of hydrogen-bond acceptors (Lipinski definition) is 3. The monoisotopic (exact) mass is 228 g/mol. The van der Waals surface area contributed by atoms with Crippen LogP contribution in [0.4, 0.5) is 11.4 Å². The summed E-state index contributed by atoms with van der Waals surface area (Å²) in [5.41, 5.74) is 0.333. The SMILES string of the molecule is CC(=O)Nc1c(Cl)ccc(C)c1[N+](=O)[O-]. The average molecular weight is 229 g/mol. The maximum Gasteiger partial charge on any atom is 0.297 e. The van der Waals surface area contributed by atoms with Crippen molar-refractivity contribution in [3.63, 3.8) is 0 Å². The Hall–Kier alpha value is -1.62. The van der Waals surface area contributed by atoms with Gasteiger partial charge >= 0.3 is 0 Å². The number of halogens is 1. The van der Waals surface area contributed by atoms with E-state index in [1.165, 1.54) is 19.1 Å². The number of nitrogens with one attached hydrogen (secondary N) is 1. The molecule has 1 rings (SSSR count). The van der Waals surface area contributed by atoms with Crippen LogP contribution in [0.15, 0.2) is 12.1 Å². The number of rotatable bonds is 2. The molecule has 1 amide bonds. The van der Waals surface area contributed by atoms with Gasteiger partial charge in [-0.25, -0.2) is 0 Å². The number of nitrogens with zero attached hydrogens (tertiary/aromatic N) is 1. The molecular weight excluding hydrogens is 220 g/mol. The number of nitro benzene ring substituents is 1. The highest BCUT2D eigenvalue weighted by atomic mass is 35.5. The average Bonchev–Trinajstić information content (AvgIpc) is 2.10. The number of hydrogen-bond donors (Lipinski definition) is 1. The number of amides is 1. The molecule has 0 unspecified atom stereocenters. The smallest absolute Gasteiger partial charge is 0.297 e. The Morgan fingerprint density at radius 2 is 2.13 bits per heavy atom. The molecular formula is C9H9ClN2O3. The Bertz CT molecular complexity index is 432. The van der Waals surface area contributed by atoms with Crippen molar-refractivity contribution in [1.82, 2.24) is 0 Å². The van der Waals surface area contributed by atoms with E-state index in [4.69, 9.17) is 11.6 Å². The summed E-state index contributed by atoms with van der Waals surface area (Å²) in [7, 11) is 0. The van der Waals surface area contributed by atoms with Crippen molar-refractivity contribution < 1.29 is 9.72 Å². The highest BCUT2D eigenvalue weighted by molar-refractivity contribution is 6.34. The van der Waals surface area contributed by atoms with Crippen LogP contribution in [0.25, 0.3) is 0 Å². The molecule has 80 valence electrons. The van der Waals surface area contributed by atoms with Gasteiger partial charge in [0, 0.05) is 12.5 Å². The lowest BCUT2D eigenvalue weighted by Gasteiger charge is -2.07. The molecule has 0 aliphatic heterocycles. The van der Waals surface area contributed by atoms with Crippen molar-refractivity contribution in [2.75, 3.05) is 5.32 Å². The zero-order chi connectivity index (χ0) is 11.6. The lowest BCUT2D eigenvalue weighted by atomic mass is 10.1. The third-order valence-electron chi connectivity index (χ3n) is 1.81. The van der Waals surface area contributed by atoms with Crippen LogP contribution in [0, 0.1) is 17.0 Å². The van der Waals surface area contributed by atoms with Crippen LogP contribution >= 0.6 is 11.6 Å². The van der Waals surface area contributed by atoms with Crippen LogP contribution in [-0.2, 0) is 4.79 Å². The summed E-state index contributed by atoms with van der Waals surface area (Å²) in [4.78, 5) is 21.1. The van der Waals surface area contributed by atoms with Gasteiger partial charge in [0.1, 0.15) is 5.69 Å². The molecule has 0 atom stereocenters. The van der Waals surface area contributed by atoms with Gasteiger partial charge in [-0.15, -0.1) is 0 Å². The molecule has 1 aromatic rings. The fourth-order valence-electron chi connectivity index (χ4n) is 1.20. The maximum atomic E-state index is 10.9. The first-order valence-corrected chi connectivity index (χ1v) is 4.52. The third-order valence-corrected chi connectivity index (χ3v) is 2.13. The van der Waals surface area contributed by atoms with E-state index in [0.29, 0.717) is 5.56 Å².